The minimum atomic E-state index is -0.789. The molecule has 1 fully saturated rings. The Morgan fingerprint density at radius 1 is 1.56 bits per heavy atom. The Labute approximate surface area is 100 Å². The number of hydrogen-bond acceptors (Lipinski definition) is 4. The van der Waals surface area contributed by atoms with Crippen molar-refractivity contribution in [2.24, 2.45) is 5.92 Å². The van der Waals surface area contributed by atoms with Crippen molar-refractivity contribution in [2.75, 3.05) is 31.8 Å². The minimum Gasteiger partial charge on any atom is -0.389 e. The molecule has 0 aromatic rings. The quantitative estimate of drug-likeness (QED) is 0.610. The van der Waals surface area contributed by atoms with Gasteiger partial charge in [0.2, 0.25) is 0 Å². The molecule has 16 heavy (non-hydrogen) atoms. The summed E-state index contributed by atoms with van der Waals surface area (Å²) >= 11 is 0. The fraction of sp³-hybridized carbons (Fsp3) is 1.00. The maximum Gasteiger partial charge on any atom is 0.0897 e. The van der Waals surface area contributed by atoms with Crippen LogP contribution in [0.5, 0.6) is 0 Å². The summed E-state index contributed by atoms with van der Waals surface area (Å²) in [5.41, 5.74) is 0. The van der Waals surface area contributed by atoms with Crippen molar-refractivity contribution < 1.29 is 14.1 Å². The summed E-state index contributed by atoms with van der Waals surface area (Å²) in [6, 6.07) is 0.170. The van der Waals surface area contributed by atoms with Crippen molar-refractivity contribution in [3.63, 3.8) is 0 Å². The Bertz CT molecular complexity index is 221. The summed E-state index contributed by atoms with van der Waals surface area (Å²) in [4.78, 5) is 0. The van der Waals surface area contributed by atoms with Crippen LogP contribution in [-0.2, 0) is 15.5 Å². The zero-order chi connectivity index (χ0) is 12.0. The SMILES string of the molecule is CC(CS(C)=O)NCC(O)COCC1CC1. The van der Waals surface area contributed by atoms with Gasteiger partial charge in [-0.15, -0.1) is 0 Å². The lowest BCUT2D eigenvalue weighted by molar-refractivity contribution is 0.0318. The average molecular weight is 249 g/mol. The monoisotopic (exact) mass is 249 g/mol. The van der Waals surface area contributed by atoms with E-state index in [4.69, 9.17) is 4.74 Å². The third-order valence-corrected chi connectivity index (χ3v) is 3.52. The normalized spacial score (nSPS) is 21.7. The summed E-state index contributed by atoms with van der Waals surface area (Å²) in [7, 11) is -0.789. The molecule has 1 aliphatic carbocycles. The largest absolute Gasteiger partial charge is 0.389 e. The van der Waals surface area contributed by atoms with E-state index >= 15 is 0 Å². The van der Waals surface area contributed by atoms with Crippen LogP contribution in [0.25, 0.3) is 0 Å². The van der Waals surface area contributed by atoms with Gasteiger partial charge < -0.3 is 15.2 Å². The lowest BCUT2D eigenvalue weighted by atomic mass is 10.3. The molecule has 0 amide bonds. The third-order valence-electron chi connectivity index (χ3n) is 2.55. The zero-order valence-electron chi connectivity index (χ0n) is 10.1. The zero-order valence-corrected chi connectivity index (χ0v) is 11.0. The molecule has 0 spiro atoms. The Morgan fingerprint density at radius 2 is 2.25 bits per heavy atom. The predicted octanol–water partition coefficient (Wildman–Crippen LogP) is 0.130. The highest BCUT2D eigenvalue weighted by Gasteiger charge is 2.21. The van der Waals surface area contributed by atoms with Gasteiger partial charge >= 0.3 is 0 Å². The first-order valence-electron chi connectivity index (χ1n) is 5.87. The second-order valence-corrected chi connectivity index (χ2v) is 6.16. The Kier molecular flexibility index (Phi) is 6.49. The molecule has 3 unspecified atom stereocenters. The van der Waals surface area contributed by atoms with Crippen molar-refractivity contribution in [1.82, 2.24) is 5.32 Å². The first-order valence-corrected chi connectivity index (χ1v) is 7.60. The summed E-state index contributed by atoms with van der Waals surface area (Å²) in [5.74, 6) is 1.36. The molecule has 0 aliphatic heterocycles. The van der Waals surface area contributed by atoms with Gasteiger partial charge in [0.1, 0.15) is 0 Å². The molecule has 96 valence electrons. The van der Waals surface area contributed by atoms with Crippen molar-refractivity contribution in [2.45, 2.75) is 31.9 Å². The standard InChI is InChI=1S/C11H23NO3S/c1-9(8-16(2)14)12-5-11(13)7-15-6-10-3-4-10/h9-13H,3-8H2,1-2H3. The van der Waals surface area contributed by atoms with Crippen LogP contribution in [0.3, 0.4) is 0 Å². The van der Waals surface area contributed by atoms with Crippen molar-refractivity contribution in [3.8, 4) is 0 Å². The molecule has 0 radical (unpaired) electrons. The minimum absolute atomic E-state index is 0.170. The highest BCUT2D eigenvalue weighted by Crippen LogP contribution is 2.28. The number of aliphatic hydroxyl groups excluding tert-OH is 1. The summed E-state index contributed by atoms with van der Waals surface area (Å²) in [5, 5.41) is 12.7. The second kappa shape index (κ2) is 7.37. The molecule has 0 aromatic carbocycles. The van der Waals surface area contributed by atoms with Gasteiger partial charge in [-0.25, -0.2) is 0 Å². The smallest absolute Gasteiger partial charge is 0.0897 e. The van der Waals surface area contributed by atoms with E-state index in [0.717, 1.165) is 12.5 Å². The van der Waals surface area contributed by atoms with E-state index in [9.17, 15) is 9.32 Å². The predicted molar refractivity (Wildman–Crippen MR) is 65.9 cm³/mol. The molecular weight excluding hydrogens is 226 g/mol. The fourth-order valence-corrected chi connectivity index (χ4v) is 2.28. The lowest BCUT2D eigenvalue weighted by Gasteiger charge is -2.16. The topological polar surface area (TPSA) is 58.6 Å². The number of nitrogens with one attached hydrogen (secondary N) is 1. The van der Waals surface area contributed by atoms with Gasteiger partial charge in [-0.1, -0.05) is 0 Å². The molecule has 1 aliphatic rings. The molecule has 5 heteroatoms. The molecule has 4 nitrogen and oxygen atoms in total. The van der Waals surface area contributed by atoms with Crippen LogP contribution in [0.1, 0.15) is 19.8 Å². The summed E-state index contributed by atoms with van der Waals surface area (Å²) in [6.07, 6.45) is 3.76. The van der Waals surface area contributed by atoms with E-state index in [1.165, 1.54) is 12.8 Å². The van der Waals surface area contributed by atoms with E-state index in [0.29, 0.717) is 18.9 Å². The Balaban J connectivity index is 1.95. The van der Waals surface area contributed by atoms with Crippen LogP contribution in [-0.4, -0.2) is 53.2 Å². The molecule has 3 atom stereocenters. The third kappa shape index (κ3) is 7.33. The van der Waals surface area contributed by atoms with Gasteiger partial charge in [-0.3, -0.25) is 4.21 Å². The van der Waals surface area contributed by atoms with Gasteiger partial charge in [0.25, 0.3) is 0 Å². The molecule has 1 saturated carbocycles. The van der Waals surface area contributed by atoms with E-state index in [1.807, 2.05) is 6.92 Å². The maximum absolute atomic E-state index is 10.9. The average Bonchev–Trinajstić information content (AvgIpc) is 2.97. The van der Waals surface area contributed by atoms with Crippen LogP contribution < -0.4 is 5.32 Å². The van der Waals surface area contributed by atoms with E-state index in [1.54, 1.807) is 6.26 Å². The van der Waals surface area contributed by atoms with E-state index < -0.39 is 16.9 Å². The molecule has 2 N–H and O–H groups in total. The van der Waals surface area contributed by atoms with Crippen LogP contribution in [0, 0.1) is 5.92 Å². The lowest BCUT2D eigenvalue weighted by Crippen LogP contribution is -2.38. The highest BCUT2D eigenvalue weighted by molar-refractivity contribution is 7.84. The van der Waals surface area contributed by atoms with Crippen LogP contribution >= 0.6 is 0 Å². The molecular formula is C11H23NO3S. The Hall–Kier alpha value is 0.0300. The molecule has 0 saturated heterocycles. The van der Waals surface area contributed by atoms with Gasteiger partial charge in [0.05, 0.1) is 12.7 Å². The molecule has 0 heterocycles. The Morgan fingerprint density at radius 3 is 2.81 bits per heavy atom. The highest BCUT2D eigenvalue weighted by atomic mass is 32.2. The summed E-state index contributed by atoms with van der Waals surface area (Å²) in [6.45, 7) is 3.65. The van der Waals surface area contributed by atoms with Gasteiger partial charge in [0.15, 0.2) is 0 Å². The second-order valence-electron chi connectivity index (χ2n) is 4.68. The number of aliphatic hydroxyl groups is 1. The maximum atomic E-state index is 10.9. The van der Waals surface area contributed by atoms with Gasteiger partial charge in [-0.05, 0) is 25.7 Å². The first-order chi connectivity index (χ1) is 7.58. The van der Waals surface area contributed by atoms with Crippen molar-refractivity contribution >= 4 is 10.8 Å². The van der Waals surface area contributed by atoms with Crippen LogP contribution in [0.4, 0.5) is 0 Å². The number of hydrogen-bond donors (Lipinski definition) is 2. The van der Waals surface area contributed by atoms with Crippen LogP contribution in [0.15, 0.2) is 0 Å². The van der Waals surface area contributed by atoms with Gasteiger partial charge in [0, 0.05) is 42.0 Å². The first kappa shape index (κ1) is 14.1. The van der Waals surface area contributed by atoms with Crippen LogP contribution in [0.2, 0.25) is 0 Å². The van der Waals surface area contributed by atoms with Gasteiger partial charge in [-0.2, -0.15) is 0 Å². The van der Waals surface area contributed by atoms with E-state index in [-0.39, 0.29) is 6.04 Å². The van der Waals surface area contributed by atoms with Crippen molar-refractivity contribution in [1.29, 1.82) is 0 Å². The van der Waals surface area contributed by atoms with E-state index in [2.05, 4.69) is 5.32 Å². The molecule has 0 aromatic heterocycles. The molecule has 1 rings (SSSR count). The molecule has 0 bridgehead atoms. The van der Waals surface area contributed by atoms with Crippen molar-refractivity contribution in [3.05, 3.63) is 0 Å². The number of rotatable bonds is 9. The summed E-state index contributed by atoms with van der Waals surface area (Å²) < 4.78 is 16.3. The fourth-order valence-electron chi connectivity index (χ4n) is 1.46. The number of ether oxygens (including phenoxy) is 1.